The Morgan fingerprint density at radius 1 is 1.08 bits per heavy atom. The van der Waals surface area contributed by atoms with E-state index in [0.29, 0.717) is 0 Å². The van der Waals surface area contributed by atoms with Crippen LogP contribution < -0.4 is 5.32 Å². The Morgan fingerprint density at radius 3 is 2.46 bits per heavy atom. The molecule has 64 valence electrons. The van der Waals surface area contributed by atoms with Crippen LogP contribution in [0.3, 0.4) is 0 Å². The van der Waals surface area contributed by atoms with E-state index in [4.69, 9.17) is 0 Å². The van der Waals surface area contributed by atoms with Crippen molar-refractivity contribution in [3.63, 3.8) is 0 Å². The van der Waals surface area contributed by atoms with Gasteiger partial charge in [-0.15, -0.1) is 0 Å². The highest BCUT2D eigenvalue weighted by atomic mass is 16.1. The van der Waals surface area contributed by atoms with Crippen LogP contribution in [-0.2, 0) is 0 Å². The molecule has 2 aliphatic rings. The minimum absolute atomic E-state index is 0.0463. The van der Waals surface area contributed by atoms with Crippen LogP contribution in [0.5, 0.6) is 0 Å². The molecule has 2 heteroatoms. The van der Waals surface area contributed by atoms with Gasteiger partial charge in [0.15, 0.2) is 0 Å². The molecule has 1 fully saturated rings. The van der Waals surface area contributed by atoms with Gasteiger partial charge in [-0.3, -0.25) is 4.79 Å². The van der Waals surface area contributed by atoms with Gasteiger partial charge in [-0.25, -0.2) is 0 Å². The van der Waals surface area contributed by atoms with Gasteiger partial charge in [0, 0.05) is 16.8 Å². The number of amides is 1. The molecule has 1 heterocycles. The highest BCUT2D eigenvalue weighted by molar-refractivity contribution is 6.09. The van der Waals surface area contributed by atoms with Crippen molar-refractivity contribution in [2.45, 2.75) is 12.8 Å². The third-order valence-corrected chi connectivity index (χ3v) is 2.53. The summed E-state index contributed by atoms with van der Waals surface area (Å²) >= 11 is 0. The summed E-state index contributed by atoms with van der Waals surface area (Å²) in [7, 11) is 0. The Kier molecular flexibility index (Phi) is 1.18. The highest BCUT2D eigenvalue weighted by Gasteiger charge is 2.28. The molecule has 0 atom stereocenters. The van der Waals surface area contributed by atoms with E-state index < -0.39 is 0 Å². The van der Waals surface area contributed by atoms with E-state index in [1.807, 2.05) is 24.3 Å². The summed E-state index contributed by atoms with van der Waals surface area (Å²) in [6.45, 7) is 0. The van der Waals surface area contributed by atoms with Crippen molar-refractivity contribution in [3.8, 4) is 0 Å². The third kappa shape index (κ3) is 0.917. The highest BCUT2D eigenvalue weighted by Crippen LogP contribution is 2.38. The van der Waals surface area contributed by atoms with Gasteiger partial charge in [0.25, 0.3) is 5.91 Å². The number of nitrogens with one attached hydrogen (secondary N) is 1. The number of hydrogen-bond acceptors (Lipinski definition) is 1. The SMILES string of the molecule is O=C1NC(=C2CC2)c2ccccc21. The molecule has 0 saturated heterocycles. The first kappa shape index (κ1) is 6.89. The molecule has 1 aromatic carbocycles. The lowest BCUT2D eigenvalue weighted by Gasteiger charge is -1.96. The van der Waals surface area contributed by atoms with Crippen LogP contribution in [0.1, 0.15) is 28.8 Å². The standard InChI is InChI=1S/C11H9NO/c13-11-9-4-2-1-3-8(9)10(12-11)7-5-6-7/h1-4H,5-6H2,(H,12,13). The maximum atomic E-state index is 11.5. The van der Waals surface area contributed by atoms with E-state index in [1.165, 1.54) is 5.57 Å². The first-order valence-corrected chi connectivity index (χ1v) is 4.49. The zero-order valence-electron chi connectivity index (χ0n) is 7.13. The van der Waals surface area contributed by atoms with Gasteiger partial charge in [-0.2, -0.15) is 0 Å². The second-order valence-corrected chi connectivity index (χ2v) is 3.48. The Bertz CT molecular complexity index is 425. The zero-order valence-corrected chi connectivity index (χ0v) is 7.13. The van der Waals surface area contributed by atoms with Crippen molar-refractivity contribution >= 4 is 11.6 Å². The Balaban J connectivity index is 2.26. The predicted molar refractivity (Wildman–Crippen MR) is 50.1 cm³/mol. The smallest absolute Gasteiger partial charge is 0.256 e. The summed E-state index contributed by atoms with van der Waals surface area (Å²) in [6.07, 6.45) is 2.29. The molecular formula is C11H9NO. The van der Waals surface area contributed by atoms with E-state index in [9.17, 15) is 4.79 Å². The normalized spacial score (nSPS) is 18.6. The van der Waals surface area contributed by atoms with Crippen molar-refractivity contribution in [3.05, 3.63) is 41.0 Å². The van der Waals surface area contributed by atoms with Crippen LogP contribution in [0.25, 0.3) is 5.70 Å². The van der Waals surface area contributed by atoms with Crippen molar-refractivity contribution in [1.29, 1.82) is 0 Å². The quantitative estimate of drug-likeness (QED) is 0.635. The largest absolute Gasteiger partial charge is 0.321 e. The van der Waals surface area contributed by atoms with E-state index in [2.05, 4.69) is 5.32 Å². The average Bonchev–Trinajstić information content (AvgIpc) is 2.94. The first-order chi connectivity index (χ1) is 6.36. The fraction of sp³-hybridized carbons (Fsp3) is 0.182. The number of rotatable bonds is 0. The Morgan fingerprint density at radius 2 is 1.77 bits per heavy atom. The second kappa shape index (κ2) is 2.22. The van der Waals surface area contributed by atoms with Crippen molar-refractivity contribution in [1.82, 2.24) is 5.32 Å². The van der Waals surface area contributed by atoms with E-state index in [0.717, 1.165) is 29.7 Å². The lowest BCUT2D eigenvalue weighted by atomic mass is 10.1. The molecule has 1 aliphatic carbocycles. The summed E-state index contributed by atoms with van der Waals surface area (Å²) in [5.41, 5.74) is 4.36. The number of allylic oxidation sites excluding steroid dienone is 1. The van der Waals surface area contributed by atoms with Gasteiger partial charge in [0.05, 0.1) is 0 Å². The van der Waals surface area contributed by atoms with Crippen molar-refractivity contribution < 1.29 is 4.79 Å². The lowest BCUT2D eigenvalue weighted by molar-refractivity contribution is 0.0981. The van der Waals surface area contributed by atoms with Gasteiger partial charge < -0.3 is 5.32 Å². The van der Waals surface area contributed by atoms with Crippen LogP contribution in [0.4, 0.5) is 0 Å². The zero-order chi connectivity index (χ0) is 8.84. The fourth-order valence-corrected chi connectivity index (χ4v) is 1.74. The molecule has 3 rings (SSSR count). The molecule has 0 aromatic heterocycles. The fourth-order valence-electron chi connectivity index (χ4n) is 1.74. The molecule has 0 bridgehead atoms. The Labute approximate surface area is 76.3 Å². The van der Waals surface area contributed by atoms with Crippen molar-refractivity contribution in [2.24, 2.45) is 0 Å². The molecule has 1 N–H and O–H groups in total. The minimum Gasteiger partial charge on any atom is -0.321 e. The molecule has 1 saturated carbocycles. The van der Waals surface area contributed by atoms with Crippen LogP contribution in [0.2, 0.25) is 0 Å². The van der Waals surface area contributed by atoms with Crippen molar-refractivity contribution in [2.75, 3.05) is 0 Å². The summed E-state index contributed by atoms with van der Waals surface area (Å²) < 4.78 is 0. The molecule has 1 aliphatic heterocycles. The Hall–Kier alpha value is -1.57. The van der Waals surface area contributed by atoms with Crippen LogP contribution in [0.15, 0.2) is 29.8 Å². The number of carbonyl (C=O) groups excluding carboxylic acids is 1. The summed E-state index contributed by atoms with van der Waals surface area (Å²) in [5, 5.41) is 2.92. The van der Waals surface area contributed by atoms with E-state index >= 15 is 0 Å². The van der Waals surface area contributed by atoms with Gasteiger partial charge in [0.2, 0.25) is 0 Å². The average molecular weight is 171 g/mol. The number of hydrogen-bond donors (Lipinski definition) is 1. The maximum Gasteiger partial charge on any atom is 0.256 e. The predicted octanol–water partition coefficient (Wildman–Crippen LogP) is 1.93. The molecule has 1 amide bonds. The van der Waals surface area contributed by atoms with E-state index in [-0.39, 0.29) is 5.91 Å². The molecule has 0 unspecified atom stereocenters. The maximum absolute atomic E-state index is 11.5. The van der Waals surface area contributed by atoms with Gasteiger partial charge in [0.1, 0.15) is 0 Å². The minimum atomic E-state index is 0.0463. The van der Waals surface area contributed by atoms with Gasteiger partial charge >= 0.3 is 0 Å². The molecule has 0 radical (unpaired) electrons. The lowest BCUT2D eigenvalue weighted by Crippen LogP contribution is -2.12. The number of benzene rings is 1. The monoisotopic (exact) mass is 171 g/mol. The van der Waals surface area contributed by atoms with Crippen LogP contribution >= 0.6 is 0 Å². The van der Waals surface area contributed by atoms with Gasteiger partial charge in [-0.05, 0) is 24.5 Å². The molecular weight excluding hydrogens is 162 g/mol. The number of carbonyl (C=O) groups is 1. The molecule has 2 nitrogen and oxygen atoms in total. The summed E-state index contributed by atoms with van der Waals surface area (Å²) in [4.78, 5) is 11.5. The molecule has 13 heavy (non-hydrogen) atoms. The first-order valence-electron chi connectivity index (χ1n) is 4.49. The second-order valence-electron chi connectivity index (χ2n) is 3.48. The van der Waals surface area contributed by atoms with Gasteiger partial charge in [-0.1, -0.05) is 18.2 Å². The summed E-state index contributed by atoms with van der Waals surface area (Å²) in [5.74, 6) is 0.0463. The topological polar surface area (TPSA) is 29.1 Å². The summed E-state index contributed by atoms with van der Waals surface area (Å²) in [6, 6.07) is 7.76. The third-order valence-electron chi connectivity index (χ3n) is 2.53. The van der Waals surface area contributed by atoms with Crippen LogP contribution in [-0.4, -0.2) is 5.91 Å². The van der Waals surface area contributed by atoms with E-state index in [1.54, 1.807) is 0 Å². The molecule has 0 spiro atoms. The molecule has 1 aromatic rings. The number of fused-ring (bicyclic) bond motifs is 1. The van der Waals surface area contributed by atoms with Crippen LogP contribution in [0, 0.1) is 0 Å².